The molecule has 1 N–H and O–H groups in total. The number of nitrogens with zero attached hydrogens (tertiary/aromatic N) is 3. The molecule has 0 aliphatic heterocycles. The van der Waals surface area contributed by atoms with Gasteiger partial charge in [-0.1, -0.05) is 42.5 Å². The Bertz CT molecular complexity index is 1150. The topological polar surface area (TPSA) is 69.0 Å². The van der Waals surface area contributed by atoms with E-state index in [9.17, 15) is 4.79 Å². The Balaban J connectivity index is 1.62. The summed E-state index contributed by atoms with van der Waals surface area (Å²) in [6.07, 6.45) is 2.67. The van der Waals surface area contributed by atoms with Gasteiger partial charge in [-0.25, -0.2) is 4.98 Å². The average molecular weight is 400 g/mol. The van der Waals surface area contributed by atoms with Gasteiger partial charge in [0.25, 0.3) is 0 Å². The van der Waals surface area contributed by atoms with Gasteiger partial charge in [0.15, 0.2) is 5.65 Å². The van der Waals surface area contributed by atoms with Gasteiger partial charge in [-0.15, -0.1) is 0 Å². The highest BCUT2D eigenvalue weighted by molar-refractivity contribution is 5.82. The van der Waals surface area contributed by atoms with Crippen molar-refractivity contribution in [2.75, 3.05) is 7.11 Å². The Kier molecular flexibility index (Phi) is 5.75. The molecule has 0 saturated heterocycles. The first kappa shape index (κ1) is 19.6. The second-order valence-electron chi connectivity index (χ2n) is 7.22. The molecule has 2 aromatic carbocycles. The fourth-order valence-electron chi connectivity index (χ4n) is 3.65. The van der Waals surface area contributed by atoms with E-state index < -0.39 is 0 Å². The van der Waals surface area contributed by atoms with Crippen molar-refractivity contribution < 1.29 is 9.53 Å². The lowest BCUT2D eigenvalue weighted by atomic mass is 10.0. The van der Waals surface area contributed by atoms with Crippen molar-refractivity contribution in [2.45, 2.75) is 18.9 Å². The summed E-state index contributed by atoms with van der Waals surface area (Å²) in [6, 6.07) is 21.3. The molecule has 4 aromatic rings. The maximum Gasteiger partial charge on any atom is 0.224 e. The van der Waals surface area contributed by atoms with Crippen molar-refractivity contribution in [2.24, 2.45) is 7.05 Å². The molecule has 2 heterocycles. The predicted octanol–water partition coefficient (Wildman–Crippen LogP) is 3.62. The minimum absolute atomic E-state index is 0.0631. The van der Waals surface area contributed by atoms with E-state index in [0.29, 0.717) is 6.42 Å². The molecule has 152 valence electrons. The normalized spacial score (nSPS) is 11.9. The number of carbonyl (C=O) groups is 1. The van der Waals surface area contributed by atoms with Gasteiger partial charge in [0, 0.05) is 18.6 Å². The highest BCUT2D eigenvalue weighted by atomic mass is 16.5. The fraction of sp³-hybridized carbons (Fsp3) is 0.208. The predicted molar refractivity (Wildman–Crippen MR) is 116 cm³/mol. The first-order valence-electron chi connectivity index (χ1n) is 9.88. The quantitative estimate of drug-likeness (QED) is 0.514. The summed E-state index contributed by atoms with van der Waals surface area (Å²) < 4.78 is 7.03. The number of pyridine rings is 1. The molecule has 6 nitrogen and oxygen atoms in total. The zero-order chi connectivity index (χ0) is 20.9. The molecule has 0 saturated carbocycles. The molecule has 4 rings (SSSR count). The third-order valence-corrected chi connectivity index (χ3v) is 5.07. The number of hydrogen-bond donors (Lipinski definition) is 1. The van der Waals surface area contributed by atoms with Crippen LogP contribution in [0.4, 0.5) is 0 Å². The third-order valence-electron chi connectivity index (χ3n) is 5.07. The second-order valence-corrected chi connectivity index (χ2v) is 7.22. The lowest BCUT2D eigenvalue weighted by molar-refractivity contribution is -0.121. The van der Waals surface area contributed by atoms with Crippen molar-refractivity contribution >= 4 is 16.9 Å². The number of carbonyl (C=O) groups excluding carboxylic acids is 1. The van der Waals surface area contributed by atoms with Gasteiger partial charge in [0.2, 0.25) is 5.91 Å². The van der Waals surface area contributed by atoms with Crippen LogP contribution < -0.4 is 10.1 Å². The van der Waals surface area contributed by atoms with Gasteiger partial charge in [-0.3, -0.25) is 9.48 Å². The monoisotopic (exact) mass is 400 g/mol. The molecule has 1 atom stereocenters. The second kappa shape index (κ2) is 8.78. The van der Waals surface area contributed by atoms with Gasteiger partial charge < -0.3 is 10.1 Å². The Labute approximate surface area is 175 Å². The van der Waals surface area contributed by atoms with Crippen LogP contribution in [0.15, 0.2) is 72.9 Å². The van der Waals surface area contributed by atoms with Gasteiger partial charge in [-0.2, -0.15) is 5.10 Å². The van der Waals surface area contributed by atoms with Gasteiger partial charge in [0.1, 0.15) is 5.75 Å². The van der Waals surface area contributed by atoms with Crippen LogP contribution in [0, 0.1) is 0 Å². The van der Waals surface area contributed by atoms with Crippen molar-refractivity contribution in [3.8, 4) is 5.75 Å². The summed E-state index contributed by atoms with van der Waals surface area (Å²) in [5.41, 5.74) is 3.65. The van der Waals surface area contributed by atoms with E-state index >= 15 is 0 Å². The van der Waals surface area contributed by atoms with Crippen LogP contribution in [-0.2, 0) is 24.7 Å². The number of benzene rings is 2. The summed E-state index contributed by atoms with van der Waals surface area (Å²) in [5.74, 6) is 0.676. The molecule has 0 radical (unpaired) electrons. The van der Waals surface area contributed by atoms with E-state index in [1.807, 2.05) is 61.6 Å². The molecule has 6 heteroatoms. The van der Waals surface area contributed by atoms with Crippen LogP contribution in [0.2, 0.25) is 0 Å². The molecule has 2 aromatic heterocycles. The van der Waals surface area contributed by atoms with Crippen LogP contribution in [0.25, 0.3) is 11.0 Å². The molecule has 0 aliphatic carbocycles. The summed E-state index contributed by atoms with van der Waals surface area (Å²) in [6.45, 7) is 0. The summed E-state index contributed by atoms with van der Waals surface area (Å²) >= 11 is 0. The van der Waals surface area contributed by atoms with E-state index in [-0.39, 0.29) is 18.4 Å². The molecule has 0 aliphatic rings. The lowest BCUT2D eigenvalue weighted by Gasteiger charge is -2.18. The largest absolute Gasteiger partial charge is 0.497 e. The van der Waals surface area contributed by atoms with E-state index in [1.165, 1.54) is 0 Å². The molecule has 30 heavy (non-hydrogen) atoms. The number of fused-ring (bicyclic) bond motifs is 1. The Morgan fingerprint density at radius 3 is 2.67 bits per heavy atom. The average Bonchev–Trinajstić information content (AvgIpc) is 3.11. The van der Waals surface area contributed by atoms with E-state index in [1.54, 1.807) is 18.0 Å². The lowest BCUT2D eigenvalue weighted by Crippen LogP contribution is -2.31. The number of hydrogen-bond acceptors (Lipinski definition) is 4. The SMILES string of the molecule is COc1cccc(CC(=O)N[C@H](Cc2ccccc2)c2nn(C)c3ncccc23)c1. The van der Waals surface area contributed by atoms with E-state index in [4.69, 9.17) is 9.84 Å². The summed E-state index contributed by atoms with van der Waals surface area (Å²) in [5, 5.41) is 8.83. The van der Waals surface area contributed by atoms with E-state index in [2.05, 4.69) is 22.4 Å². The highest BCUT2D eigenvalue weighted by Crippen LogP contribution is 2.25. The zero-order valence-electron chi connectivity index (χ0n) is 17.1. The first-order valence-corrected chi connectivity index (χ1v) is 9.88. The van der Waals surface area contributed by atoms with Crippen LogP contribution in [0.3, 0.4) is 0 Å². The molecular formula is C24H24N4O2. The summed E-state index contributed by atoms with van der Waals surface area (Å²) in [4.78, 5) is 17.4. The Morgan fingerprint density at radius 2 is 1.87 bits per heavy atom. The van der Waals surface area contributed by atoms with Crippen molar-refractivity contribution in [1.82, 2.24) is 20.1 Å². The van der Waals surface area contributed by atoms with Gasteiger partial charge in [-0.05, 0) is 41.8 Å². The molecule has 0 spiro atoms. The molecule has 0 unspecified atom stereocenters. The van der Waals surface area contributed by atoms with Crippen LogP contribution in [0.1, 0.15) is 22.9 Å². The summed E-state index contributed by atoms with van der Waals surface area (Å²) in [7, 11) is 3.49. The molecule has 1 amide bonds. The van der Waals surface area contributed by atoms with E-state index in [0.717, 1.165) is 33.6 Å². The number of methoxy groups -OCH3 is 1. The van der Waals surface area contributed by atoms with Crippen LogP contribution in [0.5, 0.6) is 5.75 Å². The van der Waals surface area contributed by atoms with Crippen LogP contribution in [-0.4, -0.2) is 27.8 Å². The number of aromatic nitrogens is 3. The van der Waals surface area contributed by atoms with Gasteiger partial charge in [0.05, 0.1) is 25.3 Å². The minimum atomic E-state index is -0.265. The maximum atomic E-state index is 12.9. The molecule has 0 bridgehead atoms. The highest BCUT2D eigenvalue weighted by Gasteiger charge is 2.22. The smallest absolute Gasteiger partial charge is 0.224 e. The minimum Gasteiger partial charge on any atom is -0.497 e. The van der Waals surface area contributed by atoms with Crippen LogP contribution >= 0.6 is 0 Å². The number of nitrogens with one attached hydrogen (secondary N) is 1. The number of amides is 1. The van der Waals surface area contributed by atoms with Gasteiger partial charge >= 0.3 is 0 Å². The number of rotatable bonds is 7. The van der Waals surface area contributed by atoms with Crippen molar-refractivity contribution in [3.63, 3.8) is 0 Å². The number of ether oxygens (including phenoxy) is 1. The Morgan fingerprint density at radius 1 is 1.07 bits per heavy atom. The van der Waals surface area contributed by atoms with Crippen molar-refractivity contribution in [1.29, 1.82) is 0 Å². The zero-order valence-corrected chi connectivity index (χ0v) is 17.1. The third kappa shape index (κ3) is 4.33. The van der Waals surface area contributed by atoms with Crippen molar-refractivity contribution in [3.05, 3.63) is 89.7 Å². The standard InChI is InChI=1S/C24H24N4O2/c1-28-24-20(12-7-13-25-24)23(27-28)21(15-17-8-4-3-5-9-17)26-22(29)16-18-10-6-11-19(14-18)30-2/h3-14,21H,15-16H2,1-2H3,(H,26,29)/t21-/m1/s1. The molecular weight excluding hydrogens is 376 g/mol. The fourth-order valence-corrected chi connectivity index (χ4v) is 3.65. The molecule has 0 fully saturated rings. The Hall–Kier alpha value is -3.67. The first-order chi connectivity index (χ1) is 14.6. The maximum absolute atomic E-state index is 12.9. The number of aryl methyl sites for hydroxylation is 1.